The van der Waals surface area contributed by atoms with Crippen molar-refractivity contribution >= 4 is 23.2 Å². The maximum absolute atomic E-state index is 12.4. The molecule has 0 spiro atoms. The van der Waals surface area contributed by atoms with Crippen LogP contribution in [-0.2, 0) is 4.79 Å². The first-order valence-electron chi connectivity index (χ1n) is 7.83. The zero-order valence-electron chi connectivity index (χ0n) is 13.7. The second-order valence-corrected chi connectivity index (χ2v) is 6.04. The number of anilines is 1. The molecule has 2 aromatic rings. The van der Waals surface area contributed by atoms with Gasteiger partial charge in [-0.2, -0.15) is 0 Å². The van der Waals surface area contributed by atoms with E-state index in [1.165, 1.54) is 0 Å². The highest BCUT2D eigenvalue weighted by atomic mass is 35.5. The van der Waals surface area contributed by atoms with E-state index in [1.54, 1.807) is 31.2 Å². The van der Waals surface area contributed by atoms with Crippen molar-refractivity contribution in [1.82, 2.24) is 0 Å². The van der Waals surface area contributed by atoms with E-state index in [4.69, 9.17) is 16.3 Å². The predicted octanol–water partition coefficient (Wildman–Crippen LogP) is 5.26. The topological polar surface area (TPSA) is 38.3 Å². The highest BCUT2D eigenvalue weighted by molar-refractivity contribution is 6.30. The van der Waals surface area contributed by atoms with E-state index < -0.39 is 6.10 Å². The van der Waals surface area contributed by atoms with Gasteiger partial charge in [-0.05, 0) is 49.1 Å². The SMILES string of the molecule is CCC(C)c1ccccc1NC(=O)C(C)Oc1cccc(Cl)c1. The quantitative estimate of drug-likeness (QED) is 0.784. The Balaban J connectivity index is 2.07. The van der Waals surface area contributed by atoms with Gasteiger partial charge in [0.05, 0.1) is 0 Å². The molecule has 2 unspecified atom stereocenters. The average Bonchev–Trinajstić information content (AvgIpc) is 2.54. The second kappa shape index (κ2) is 8.02. The van der Waals surface area contributed by atoms with Crippen LogP contribution in [0.1, 0.15) is 38.7 Å². The standard InChI is InChI=1S/C19H22ClNO2/c1-4-13(2)17-10-5-6-11-18(17)21-19(22)14(3)23-16-9-7-8-15(20)12-16/h5-14H,4H2,1-3H3,(H,21,22). The van der Waals surface area contributed by atoms with Gasteiger partial charge < -0.3 is 10.1 Å². The number of hydrogen-bond acceptors (Lipinski definition) is 2. The van der Waals surface area contributed by atoms with E-state index in [0.717, 1.165) is 17.7 Å². The molecule has 2 atom stereocenters. The average molecular weight is 332 g/mol. The summed E-state index contributed by atoms with van der Waals surface area (Å²) in [5.41, 5.74) is 1.98. The monoisotopic (exact) mass is 331 g/mol. The molecule has 0 saturated heterocycles. The minimum Gasteiger partial charge on any atom is -0.481 e. The van der Waals surface area contributed by atoms with E-state index in [9.17, 15) is 4.79 Å². The molecule has 0 bridgehead atoms. The molecule has 2 aromatic carbocycles. The van der Waals surface area contributed by atoms with Gasteiger partial charge in [-0.1, -0.05) is 49.7 Å². The lowest BCUT2D eigenvalue weighted by molar-refractivity contribution is -0.122. The minimum atomic E-state index is -0.613. The maximum atomic E-state index is 12.4. The van der Waals surface area contributed by atoms with Crippen molar-refractivity contribution < 1.29 is 9.53 Å². The third-order valence-electron chi connectivity index (χ3n) is 3.84. The van der Waals surface area contributed by atoms with Crippen LogP contribution in [0.5, 0.6) is 5.75 Å². The predicted molar refractivity (Wildman–Crippen MR) is 95.3 cm³/mol. The number of nitrogens with one attached hydrogen (secondary N) is 1. The summed E-state index contributed by atoms with van der Waals surface area (Å²) < 4.78 is 5.66. The van der Waals surface area contributed by atoms with Crippen LogP contribution in [0.3, 0.4) is 0 Å². The van der Waals surface area contributed by atoms with Crippen molar-refractivity contribution in [2.75, 3.05) is 5.32 Å². The van der Waals surface area contributed by atoms with Crippen molar-refractivity contribution in [2.24, 2.45) is 0 Å². The Hall–Kier alpha value is -2.00. The van der Waals surface area contributed by atoms with E-state index >= 15 is 0 Å². The Morgan fingerprint density at radius 3 is 2.61 bits per heavy atom. The minimum absolute atomic E-state index is 0.180. The van der Waals surface area contributed by atoms with Crippen LogP contribution >= 0.6 is 11.6 Å². The fourth-order valence-corrected chi connectivity index (χ4v) is 2.47. The number of ether oxygens (including phenoxy) is 1. The Kier molecular flexibility index (Phi) is 6.05. The molecule has 1 amide bonds. The first-order valence-corrected chi connectivity index (χ1v) is 8.21. The second-order valence-electron chi connectivity index (χ2n) is 5.60. The lowest BCUT2D eigenvalue weighted by atomic mass is 9.97. The number of para-hydroxylation sites is 1. The fraction of sp³-hybridized carbons (Fsp3) is 0.316. The highest BCUT2D eigenvalue weighted by Gasteiger charge is 2.17. The maximum Gasteiger partial charge on any atom is 0.265 e. The van der Waals surface area contributed by atoms with Gasteiger partial charge in [-0.15, -0.1) is 0 Å². The summed E-state index contributed by atoms with van der Waals surface area (Å²) in [6, 6.07) is 14.9. The number of carbonyl (C=O) groups is 1. The summed E-state index contributed by atoms with van der Waals surface area (Å²) in [7, 11) is 0. The molecular weight excluding hydrogens is 310 g/mol. The summed E-state index contributed by atoms with van der Waals surface area (Å²) in [6.07, 6.45) is 0.403. The van der Waals surface area contributed by atoms with Crippen LogP contribution in [0.25, 0.3) is 0 Å². The van der Waals surface area contributed by atoms with E-state index in [1.807, 2.05) is 24.3 Å². The molecule has 1 N–H and O–H groups in total. The van der Waals surface area contributed by atoms with E-state index in [2.05, 4.69) is 19.2 Å². The third-order valence-corrected chi connectivity index (χ3v) is 4.08. The van der Waals surface area contributed by atoms with Crippen LogP contribution in [-0.4, -0.2) is 12.0 Å². The molecule has 23 heavy (non-hydrogen) atoms. The van der Waals surface area contributed by atoms with Crippen LogP contribution < -0.4 is 10.1 Å². The number of halogens is 1. The van der Waals surface area contributed by atoms with Gasteiger partial charge in [0.1, 0.15) is 5.75 Å². The van der Waals surface area contributed by atoms with E-state index in [-0.39, 0.29) is 5.91 Å². The molecule has 4 heteroatoms. The number of hydrogen-bond donors (Lipinski definition) is 1. The van der Waals surface area contributed by atoms with Crippen molar-refractivity contribution in [3.8, 4) is 5.75 Å². The zero-order valence-corrected chi connectivity index (χ0v) is 14.4. The van der Waals surface area contributed by atoms with Gasteiger partial charge in [-0.3, -0.25) is 4.79 Å². The van der Waals surface area contributed by atoms with Crippen molar-refractivity contribution in [3.63, 3.8) is 0 Å². The van der Waals surface area contributed by atoms with Gasteiger partial charge in [0.2, 0.25) is 0 Å². The number of rotatable bonds is 6. The van der Waals surface area contributed by atoms with Crippen LogP contribution in [0.15, 0.2) is 48.5 Å². The molecule has 0 aromatic heterocycles. The first kappa shape index (κ1) is 17.4. The summed E-state index contributed by atoms with van der Waals surface area (Å²) in [6.45, 7) is 6.01. The Morgan fingerprint density at radius 2 is 1.91 bits per heavy atom. The lowest BCUT2D eigenvalue weighted by Gasteiger charge is -2.18. The van der Waals surface area contributed by atoms with Crippen LogP contribution in [0, 0.1) is 0 Å². The first-order chi connectivity index (χ1) is 11.0. The van der Waals surface area contributed by atoms with Crippen LogP contribution in [0.4, 0.5) is 5.69 Å². The summed E-state index contributed by atoms with van der Waals surface area (Å²) in [5.74, 6) is 0.784. The summed E-state index contributed by atoms with van der Waals surface area (Å²) in [4.78, 5) is 12.4. The van der Waals surface area contributed by atoms with E-state index in [0.29, 0.717) is 16.7 Å². The zero-order chi connectivity index (χ0) is 16.8. The van der Waals surface area contributed by atoms with Gasteiger partial charge in [0.15, 0.2) is 6.10 Å². The number of carbonyl (C=O) groups excluding carboxylic acids is 1. The van der Waals surface area contributed by atoms with Crippen molar-refractivity contribution in [1.29, 1.82) is 0 Å². The smallest absolute Gasteiger partial charge is 0.265 e. The normalized spacial score (nSPS) is 13.2. The molecule has 0 saturated carbocycles. The Morgan fingerprint density at radius 1 is 1.17 bits per heavy atom. The molecule has 0 aliphatic rings. The lowest BCUT2D eigenvalue weighted by Crippen LogP contribution is -2.30. The van der Waals surface area contributed by atoms with Gasteiger partial charge in [-0.25, -0.2) is 0 Å². The number of amides is 1. The summed E-state index contributed by atoms with van der Waals surface area (Å²) in [5, 5.41) is 3.54. The van der Waals surface area contributed by atoms with Gasteiger partial charge >= 0.3 is 0 Å². The molecule has 0 aliphatic heterocycles. The largest absolute Gasteiger partial charge is 0.481 e. The molecule has 3 nitrogen and oxygen atoms in total. The van der Waals surface area contributed by atoms with Gasteiger partial charge in [0.25, 0.3) is 5.91 Å². The molecule has 2 rings (SSSR count). The molecule has 0 heterocycles. The van der Waals surface area contributed by atoms with Crippen molar-refractivity contribution in [2.45, 2.75) is 39.2 Å². The van der Waals surface area contributed by atoms with Crippen molar-refractivity contribution in [3.05, 3.63) is 59.1 Å². The Bertz CT molecular complexity index is 672. The molecule has 0 aliphatic carbocycles. The third kappa shape index (κ3) is 4.73. The summed E-state index contributed by atoms with van der Waals surface area (Å²) >= 11 is 5.93. The van der Waals surface area contributed by atoms with Gasteiger partial charge in [0, 0.05) is 10.7 Å². The number of benzene rings is 2. The molecule has 0 fully saturated rings. The molecule has 0 radical (unpaired) electrons. The molecular formula is C19H22ClNO2. The van der Waals surface area contributed by atoms with Crippen LogP contribution in [0.2, 0.25) is 5.02 Å². The fourth-order valence-electron chi connectivity index (χ4n) is 2.29. The highest BCUT2D eigenvalue weighted by Crippen LogP contribution is 2.27. The Labute approximate surface area is 142 Å². The molecule has 122 valence electrons.